The van der Waals surface area contributed by atoms with Gasteiger partial charge in [-0.05, 0) is 35.9 Å². The van der Waals surface area contributed by atoms with E-state index in [1.165, 1.54) is 0 Å². The van der Waals surface area contributed by atoms with E-state index >= 15 is 0 Å². The number of nitrogens with zero attached hydrogens (tertiary/aromatic N) is 4. The summed E-state index contributed by atoms with van der Waals surface area (Å²) in [7, 11) is 0. The van der Waals surface area contributed by atoms with Crippen molar-refractivity contribution >= 4 is 57.1 Å². The van der Waals surface area contributed by atoms with Gasteiger partial charge in [-0.1, -0.05) is 71.7 Å². The fourth-order valence-corrected chi connectivity index (χ4v) is 4.22. The fourth-order valence-electron chi connectivity index (χ4n) is 3.76. The Morgan fingerprint density at radius 1 is 0.970 bits per heavy atom. The minimum Gasteiger partial charge on any atom is -0.380 e. The third-order valence-electron chi connectivity index (χ3n) is 5.40. The first-order valence-corrected chi connectivity index (χ1v) is 11.1. The minimum atomic E-state index is 0.258. The monoisotopic (exact) mass is 471 g/mol. The maximum atomic E-state index is 6.39. The van der Waals surface area contributed by atoms with Crippen LogP contribution in [-0.4, -0.2) is 21.6 Å². The number of hydrogen-bond donors (Lipinski definition) is 1. The lowest BCUT2D eigenvalue weighted by Gasteiger charge is -2.08. The Labute approximate surface area is 200 Å². The largest absolute Gasteiger partial charge is 0.380 e. The molecule has 0 unspecified atom stereocenters. The summed E-state index contributed by atoms with van der Waals surface area (Å²) in [6.45, 7) is 0.608. The second-order valence-electron chi connectivity index (χ2n) is 7.58. The molecule has 0 aliphatic carbocycles. The predicted molar refractivity (Wildman–Crippen MR) is 138 cm³/mol. The highest BCUT2D eigenvalue weighted by Gasteiger charge is 2.09. The van der Waals surface area contributed by atoms with Crippen LogP contribution in [0.5, 0.6) is 0 Å². The summed E-state index contributed by atoms with van der Waals surface area (Å²) in [5, 5.41) is 11.8. The molecule has 2 aromatic heterocycles. The van der Waals surface area contributed by atoms with Crippen LogP contribution in [0.25, 0.3) is 21.8 Å². The molecule has 0 aliphatic rings. The number of aromatic nitrogens is 2. The molecule has 0 bridgehead atoms. The Kier molecular flexibility index (Phi) is 5.82. The molecule has 33 heavy (non-hydrogen) atoms. The molecule has 0 spiro atoms. The molecule has 0 atom stereocenters. The van der Waals surface area contributed by atoms with Gasteiger partial charge in [-0.15, -0.1) is 5.10 Å². The highest BCUT2D eigenvalue weighted by atomic mass is 35.5. The van der Waals surface area contributed by atoms with E-state index in [1.54, 1.807) is 12.3 Å². The Morgan fingerprint density at radius 2 is 1.79 bits per heavy atom. The van der Waals surface area contributed by atoms with E-state index in [4.69, 9.17) is 28.9 Å². The topological polar surface area (TPSA) is 68.6 Å². The first kappa shape index (κ1) is 21.2. The lowest BCUT2D eigenvalue weighted by molar-refractivity contribution is 0.836. The van der Waals surface area contributed by atoms with Crippen molar-refractivity contribution < 1.29 is 0 Å². The minimum absolute atomic E-state index is 0.258. The van der Waals surface area contributed by atoms with Crippen molar-refractivity contribution in [2.45, 2.75) is 6.54 Å². The van der Waals surface area contributed by atoms with Gasteiger partial charge in [0, 0.05) is 44.6 Å². The van der Waals surface area contributed by atoms with Gasteiger partial charge in [0.05, 0.1) is 11.7 Å². The number of halogens is 2. The average molecular weight is 472 g/mol. The smallest absolute Gasteiger partial charge is 0.172 e. The molecule has 3 aromatic carbocycles. The fraction of sp³-hybridized carbons (Fsp3) is 0.0385. The zero-order valence-corrected chi connectivity index (χ0v) is 19.0. The van der Waals surface area contributed by atoms with Gasteiger partial charge in [-0.2, -0.15) is 5.10 Å². The maximum Gasteiger partial charge on any atom is 0.172 e. The number of fused-ring (bicyclic) bond motifs is 2. The average Bonchev–Trinajstić information content (AvgIpc) is 3.18. The standard InChI is InChI=1S/C26H19Cl2N5/c27-20-11-9-18(22(28)13-20)15-33-16-19(21-6-2-4-8-25(21)33)14-30-32-26(29)24-12-10-17-5-1-3-7-23(17)31-24/h1-14,16H,15H2,(H2,29,32)/b30-14-. The first-order chi connectivity index (χ1) is 16.1. The number of hydrogen-bond acceptors (Lipinski definition) is 3. The van der Waals surface area contributed by atoms with Crippen molar-refractivity contribution in [2.75, 3.05) is 0 Å². The van der Waals surface area contributed by atoms with E-state index < -0.39 is 0 Å². The second-order valence-corrected chi connectivity index (χ2v) is 8.43. The van der Waals surface area contributed by atoms with Gasteiger partial charge >= 0.3 is 0 Å². The molecule has 2 heterocycles. The zero-order valence-electron chi connectivity index (χ0n) is 17.5. The number of amidine groups is 1. The van der Waals surface area contributed by atoms with Gasteiger partial charge in [0.15, 0.2) is 5.84 Å². The Bertz CT molecular complexity index is 1530. The number of para-hydroxylation sites is 2. The molecule has 0 fully saturated rings. The van der Waals surface area contributed by atoms with Crippen LogP contribution in [0.3, 0.4) is 0 Å². The van der Waals surface area contributed by atoms with Crippen molar-refractivity contribution in [1.82, 2.24) is 9.55 Å². The molecule has 0 amide bonds. The van der Waals surface area contributed by atoms with Crippen LogP contribution < -0.4 is 5.73 Å². The molecule has 5 rings (SSSR count). The molecular weight excluding hydrogens is 453 g/mol. The Hall–Kier alpha value is -3.67. The number of benzene rings is 3. The van der Waals surface area contributed by atoms with Gasteiger partial charge < -0.3 is 10.3 Å². The Balaban J connectivity index is 1.44. The van der Waals surface area contributed by atoms with Crippen LogP contribution in [0.2, 0.25) is 10.0 Å². The van der Waals surface area contributed by atoms with Crippen LogP contribution in [-0.2, 0) is 6.54 Å². The summed E-state index contributed by atoms with van der Waals surface area (Å²) in [5.74, 6) is 0.258. The molecule has 0 aliphatic heterocycles. The van der Waals surface area contributed by atoms with E-state index in [-0.39, 0.29) is 5.84 Å². The predicted octanol–water partition coefficient (Wildman–Crippen LogP) is 6.28. The van der Waals surface area contributed by atoms with E-state index in [0.29, 0.717) is 22.3 Å². The second kappa shape index (κ2) is 9.06. The van der Waals surface area contributed by atoms with Gasteiger partial charge in [0.25, 0.3) is 0 Å². The molecular formula is C26H19Cl2N5. The lowest BCUT2D eigenvalue weighted by atomic mass is 10.2. The molecule has 2 N–H and O–H groups in total. The summed E-state index contributed by atoms with van der Waals surface area (Å²) in [4.78, 5) is 4.56. The van der Waals surface area contributed by atoms with Gasteiger partial charge in [0.1, 0.15) is 5.69 Å². The number of rotatable bonds is 5. The van der Waals surface area contributed by atoms with Gasteiger partial charge in [0.2, 0.25) is 0 Å². The molecule has 162 valence electrons. The number of nitrogens with two attached hydrogens (primary N) is 1. The van der Waals surface area contributed by atoms with Crippen molar-refractivity contribution in [3.05, 3.63) is 112 Å². The molecule has 0 radical (unpaired) electrons. The molecule has 0 saturated heterocycles. The third-order valence-corrected chi connectivity index (χ3v) is 5.99. The number of pyridine rings is 1. The summed E-state index contributed by atoms with van der Waals surface area (Å²) in [5.41, 5.74) is 10.6. The quantitative estimate of drug-likeness (QED) is 0.186. The molecule has 5 nitrogen and oxygen atoms in total. The van der Waals surface area contributed by atoms with Crippen LogP contribution in [0.15, 0.2) is 95.3 Å². The van der Waals surface area contributed by atoms with Crippen molar-refractivity contribution in [1.29, 1.82) is 0 Å². The SMILES string of the molecule is N/C(=N\N=C/c1cn(Cc2ccc(Cl)cc2Cl)c2ccccc12)c1ccc2ccccc2n1. The maximum absolute atomic E-state index is 6.39. The van der Waals surface area contributed by atoms with Crippen LogP contribution in [0, 0.1) is 0 Å². The molecule has 5 aromatic rings. The molecule has 0 saturated carbocycles. The van der Waals surface area contributed by atoms with E-state index in [2.05, 4.69) is 31.9 Å². The van der Waals surface area contributed by atoms with Crippen molar-refractivity contribution in [2.24, 2.45) is 15.9 Å². The lowest BCUT2D eigenvalue weighted by Crippen LogP contribution is -2.14. The molecule has 7 heteroatoms. The normalized spacial score (nSPS) is 12.2. The van der Waals surface area contributed by atoms with Crippen molar-refractivity contribution in [3.63, 3.8) is 0 Å². The van der Waals surface area contributed by atoms with E-state index in [9.17, 15) is 0 Å². The summed E-state index contributed by atoms with van der Waals surface area (Å²) < 4.78 is 2.13. The Morgan fingerprint density at radius 3 is 2.67 bits per heavy atom. The van der Waals surface area contributed by atoms with E-state index in [1.807, 2.05) is 66.9 Å². The van der Waals surface area contributed by atoms with Crippen molar-refractivity contribution in [3.8, 4) is 0 Å². The van der Waals surface area contributed by atoms with Crippen LogP contribution in [0.1, 0.15) is 16.8 Å². The highest BCUT2D eigenvalue weighted by molar-refractivity contribution is 6.35. The highest BCUT2D eigenvalue weighted by Crippen LogP contribution is 2.25. The van der Waals surface area contributed by atoms with Gasteiger partial charge in [-0.25, -0.2) is 4.98 Å². The van der Waals surface area contributed by atoms with Crippen LogP contribution >= 0.6 is 23.2 Å². The van der Waals surface area contributed by atoms with E-state index in [0.717, 1.165) is 32.9 Å². The van der Waals surface area contributed by atoms with Gasteiger partial charge in [-0.3, -0.25) is 0 Å². The third kappa shape index (κ3) is 4.46. The van der Waals surface area contributed by atoms with Crippen LogP contribution in [0.4, 0.5) is 0 Å². The zero-order chi connectivity index (χ0) is 22.8. The summed E-state index contributed by atoms with van der Waals surface area (Å²) in [6.07, 6.45) is 3.73. The summed E-state index contributed by atoms with van der Waals surface area (Å²) in [6, 6.07) is 25.3. The first-order valence-electron chi connectivity index (χ1n) is 10.3. The summed E-state index contributed by atoms with van der Waals surface area (Å²) >= 11 is 12.4.